The molecule has 0 fully saturated rings. The van der Waals surface area contributed by atoms with Gasteiger partial charge in [-0.1, -0.05) is 61.6 Å². The van der Waals surface area contributed by atoms with E-state index in [9.17, 15) is 0 Å². The topological polar surface area (TPSA) is 0 Å². The lowest BCUT2D eigenvalue weighted by molar-refractivity contribution is 1.08. The lowest BCUT2D eigenvalue weighted by Gasteiger charge is -2.08. The van der Waals surface area contributed by atoms with Crippen LogP contribution in [0.1, 0.15) is 52.8 Å². The van der Waals surface area contributed by atoms with Crippen molar-refractivity contribution in [3.63, 3.8) is 0 Å². The number of aryl methyl sites for hydroxylation is 2. The van der Waals surface area contributed by atoms with E-state index in [0.29, 0.717) is 0 Å². The SMILES string of the molecule is C#Cc1ccc(C#Cc2cc(CC)c(C#Cc3ccccc3)cc2CC)cc1. The van der Waals surface area contributed by atoms with Crippen LogP contribution in [0.3, 0.4) is 0 Å². The van der Waals surface area contributed by atoms with E-state index in [1.54, 1.807) is 0 Å². The molecule has 0 heteroatoms. The third-order valence-electron chi connectivity index (χ3n) is 4.60. The van der Waals surface area contributed by atoms with Gasteiger partial charge < -0.3 is 0 Å². The summed E-state index contributed by atoms with van der Waals surface area (Å²) >= 11 is 0. The van der Waals surface area contributed by atoms with Gasteiger partial charge in [-0.3, -0.25) is 0 Å². The van der Waals surface area contributed by atoms with Crippen LogP contribution in [0.4, 0.5) is 0 Å². The Labute approximate surface area is 168 Å². The first kappa shape index (κ1) is 19.1. The Bertz CT molecular complexity index is 1120. The summed E-state index contributed by atoms with van der Waals surface area (Å²) < 4.78 is 0. The van der Waals surface area contributed by atoms with Crippen LogP contribution in [0.5, 0.6) is 0 Å². The average molecular weight is 358 g/mol. The molecule has 0 heterocycles. The molecule has 134 valence electrons. The fraction of sp³-hybridized carbons (Fsp3) is 0.143. The van der Waals surface area contributed by atoms with Crippen molar-refractivity contribution in [3.8, 4) is 36.0 Å². The maximum absolute atomic E-state index is 5.41. The quantitative estimate of drug-likeness (QED) is 0.524. The van der Waals surface area contributed by atoms with Gasteiger partial charge in [0.05, 0.1) is 0 Å². The summed E-state index contributed by atoms with van der Waals surface area (Å²) in [5.41, 5.74) is 7.48. The van der Waals surface area contributed by atoms with Crippen LogP contribution in [0.2, 0.25) is 0 Å². The van der Waals surface area contributed by atoms with Gasteiger partial charge in [0.25, 0.3) is 0 Å². The third-order valence-corrected chi connectivity index (χ3v) is 4.60. The molecule has 3 aromatic rings. The van der Waals surface area contributed by atoms with Crippen LogP contribution in [-0.4, -0.2) is 0 Å². The normalized spacial score (nSPS) is 9.46. The fourth-order valence-electron chi connectivity index (χ4n) is 2.96. The summed E-state index contributed by atoms with van der Waals surface area (Å²) in [4.78, 5) is 0. The molecule has 0 saturated carbocycles. The Morgan fingerprint density at radius 3 is 1.54 bits per heavy atom. The Kier molecular flexibility index (Phi) is 6.37. The predicted octanol–water partition coefficient (Wildman–Crippen LogP) is 5.59. The maximum atomic E-state index is 5.41. The third kappa shape index (κ3) is 4.74. The average Bonchev–Trinajstić information content (AvgIpc) is 2.77. The van der Waals surface area contributed by atoms with E-state index in [4.69, 9.17) is 6.42 Å². The van der Waals surface area contributed by atoms with Gasteiger partial charge in [-0.25, -0.2) is 0 Å². The number of benzene rings is 3. The van der Waals surface area contributed by atoms with Crippen molar-refractivity contribution in [2.45, 2.75) is 26.7 Å². The first-order valence-corrected chi connectivity index (χ1v) is 9.55. The summed E-state index contributed by atoms with van der Waals surface area (Å²) in [6.07, 6.45) is 7.26. The highest BCUT2D eigenvalue weighted by atomic mass is 14.1. The van der Waals surface area contributed by atoms with Gasteiger partial charge in [-0.2, -0.15) is 0 Å². The molecular formula is C28H22. The molecule has 0 nitrogen and oxygen atoms in total. The van der Waals surface area contributed by atoms with Gasteiger partial charge in [0.15, 0.2) is 0 Å². The molecule has 0 saturated heterocycles. The van der Waals surface area contributed by atoms with Gasteiger partial charge in [0.2, 0.25) is 0 Å². The zero-order valence-electron chi connectivity index (χ0n) is 16.3. The molecule has 3 rings (SSSR count). The number of rotatable bonds is 2. The van der Waals surface area contributed by atoms with Crippen molar-refractivity contribution < 1.29 is 0 Å². The molecule has 28 heavy (non-hydrogen) atoms. The summed E-state index contributed by atoms with van der Waals surface area (Å²) in [5.74, 6) is 15.9. The molecule has 0 atom stereocenters. The van der Waals surface area contributed by atoms with Gasteiger partial charge in [0.1, 0.15) is 0 Å². The van der Waals surface area contributed by atoms with Crippen LogP contribution in [0.25, 0.3) is 0 Å². The minimum absolute atomic E-state index is 0.870. The second-order valence-corrected chi connectivity index (χ2v) is 6.46. The zero-order chi connectivity index (χ0) is 19.8. The molecule has 0 aromatic heterocycles. The highest BCUT2D eigenvalue weighted by Gasteiger charge is 2.05. The van der Waals surface area contributed by atoms with Gasteiger partial charge in [0, 0.05) is 27.8 Å². The zero-order valence-corrected chi connectivity index (χ0v) is 16.3. The Morgan fingerprint density at radius 1 is 0.607 bits per heavy atom. The van der Waals surface area contributed by atoms with Crippen molar-refractivity contribution in [3.05, 3.63) is 106 Å². The van der Waals surface area contributed by atoms with Crippen molar-refractivity contribution >= 4 is 0 Å². The molecular weight excluding hydrogens is 336 g/mol. The molecule has 0 N–H and O–H groups in total. The summed E-state index contributed by atoms with van der Waals surface area (Å²) in [6, 6.07) is 22.3. The van der Waals surface area contributed by atoms with E-state index in [-0.39, 0.29) is 0 Å². The second-order valence-electron chi connectivity index (χ2n) is 6.46. The summed E-state index contributed by atoms with van der Waals surface area (Å²) in [6.45, 7) is 4.31. The predicted molar refractivity (Wildman–Crippen MR) is 118 cm³/mol. The lowest BCUT2D eigenvalue weighted by atomic mass is 9.95. The second kappa shape index (κ2) is 9.33. The lowest BCUT2D eigenvalue weighted by Crippen LogP contribution is -1.96. The van der Waals surface area contributed by atoms with E-state index in [1.165, 1.54) is 11.1 Å². The van der Waals surface area contributed by atoms with Crippen LogP contribution >= 0.6 is 0 Å². The Balaban J connectivity index is 1.96. The molecule has 3 aromatic carbocycles. The highest BCUT2D eigenvalue weighted by Crippen LogP contribution is 2.18. The van der Waals surface area contributed by atoms with Crippen LogP contribution in [-0.2, 0) is 12.8 Å². The monoisotopic (exact) mass is 358 g/mol. The molecule has 0 radical (unpaired) electrons. The van der Waals surface area contributed by atoms with Crippen LogP contribution < -0.4 is 0 Å². The molecule has 0 unspecified atom stereocenters. The largest absolute Gasteiger partial charge is 0.115 e. The summed E-state index contributed by atoms with van der Waals surface area (Å²) in [5, 5.41) is 0. The Morgan fingerprint density at radius 2 is 1.07 bits per heavy atom. The van der Waals surface area contributed by atoms with Crippen molar-refractivity contribution in [1.82, 2.24) is 0 Å². The molecule has 0 aliphatic carbocycles. The number of terminal acetylenes is 1. The minimum atomic E-state index is 0.870. The highest BCUT2D eigenvalue weighted by molar-refractivity contribution is 5.55. The van der Waals surface area contributed by atoms with Gasteiger partial charge in [-0.15, -0.1) is 6.42 Å². The first-order chi connectivity index (χ1) is 13.7. The van der Waals surface area contributed by atoms with Gasteiger partial charge >= 0.3 is 0 Å². The maximum Gasteiger partial charge on any atom is 0.0284 e. The van der Waals surface area contributed by atoms with Crippen molar-refractivity contribution in [2.75, 3.05) is 0 Å². The molecule has 0 spiro atoms. The fourth-order valence-corrected chi connectivity index (χ4v) is 2.96. The van der Waals surface area contributed by atoms with E-state index < -0.39 is 0 Å². The molecule has 0 bridgehead atoms. The van der Waals surface area contributed by atoms with Crippen LogP contribution in [0, 0.1) is 36.0 Å². The van der Waals surface area contributed by atoms with E-state index in [1.807, 2.05) is 54.6 Å². The van der Waals surface area contributed by atoms with E-state index >= 15 is 0 Å². The standard InChI is InChI=1S/C28H22/c1-4-22-12-14-24(15-13-22)17-19-28-21-25(5-2)27(20-26(28)6-3)18-16-23-10-8-7-9-11-23/h1,7-15,20-21H,5-6H2,2-3H3. The van der Waals surface area contributed by atoms with E-state index in [2.05, 4.69) is 55.6 Å². The number of hydrogen-bond donors (Lipinski definition) is 0. The van der Waals surface area contributed by atoms with Gasteiger partial charge in [-0.05, 0) is 72.5 Å². The van der Waals surface area contributed by atoms with Crippen molar-refractivity contribution in [2.24, 2.45) is 0 Å². The van der Waals surface area contributed by atoms with Crippen molar-refractivity contribution in [1.29, 1.82) is 0 Å². The van der Waals surface area contributed by atoms with Crippen LogP contribution in [0.15, 0.2) is 66.7 Å². The Hall–Kier alpha value is -3.66. The first-order valence-electron chi connectivity index (χ1n) is 9.55. The molecule has 0 aliphatic heterocycles. The smallest absolute Gasteiger partial charge is 0.0284 e. The molecule has 0 amide bonds. The van der Waals surface area contributed by atoms with E-state index in [0.717, 1.165) is 40.7 Å². The minimum Gasteiger partial charge on any atom is -0.115 e. The summed E-state index contributed by atoms with van der Waals surface area (Å²) in [7, 11) is 0. The number of hydrogen-bond acceptors (Lipinski definition) is 0. The molecule has 0 aliphatic rings.